The Morgan fingerprint density at radius 3 is 2.62 bits per heavy atom. The van der Waals surface area contributed by atoms with Gasteiger partial charge in [-0.1, -0.05) is 6.07 Å². The largest absolute Gasteiger partial charge is 0.508 e. The number of aromatic hydroxyl groups is 1. The zero-order chi connectivity index (χ0) is 19.2. The molecule has 0 aliphatic rings. The van der Waals surface area contributed by atoms with Crippen molar-refractivity contribution in [1.29, 1.82) is 0 Å². The highest BCUT2D eigenvalue weighted by atomic mass is 19.4. The van der Waals surface area contributed by atoms with E-state index in [0.717, 1.165) is 35.5 Å². The van der Waals surface area contributed by atoms with Crippen LogP contribution in [0.1, 0.15) is 29.2 Å². The normalized spacial score (nSPS) is 12.3. The van der Waals surface area contributed by atoms with Gasteiger partial charge in [-0.25, -0.2) is 0 Å². The lowest BCUT2D eigenvalue weighted by molar-refractivity contribution is -0.137. The Bertz CT molecular complexity index is 773. The van der Waals surface area contributed by atoms with E-state index in [1.54, 1.807) is 18.5 Å². The van der Waals surface area contributed by atoms with Gasteiger partial charge in [0, 0.05) is 43.2 Å². The molecular formula is C19H22F3N3O. The quantitative estimate of drug-likeness (QED) is 0.702. The predicted molar refractivity (Wildman–Crippen MR) is 95.7 cm³/mol. The third-order valence-corrected chi connectivity index (χ3v) is 3.87. The topological polar surface area (TPSA) is 57.2 Å². The molecule has 1 aromatic carbocycles. The van der Waals surface area contributed by atoms with Crippen LogP contribution >= 0.6 is 0 Å². The van der Waals surface area contributed by atoms with E-state index in [1.165, 1.54) is 6.07 Å². The standard InChI is InChI=1S/C19H22F3N3O/c1-3-25-17(7-8-23-2)16-12-24-9-6-13(16)10-14-4-5-15(11-18(14)26)19(20,21)22/h4-7,9,11-12,23,25-26H,3,8,10H2,1-2H3/b17-7+. The first-order chi connectivity index (χ1) is 12.4. The number of aromatic nitrogens is 1. The number of phenolic OH excluding ortho intramolecular Hbond substituents is 1. The molecule has 0 saturated carbocycles. The molecule has 4 nitrogen and oxygen atoms in total. The summed E-state index contributed by atoms with van der Waals surface area (Å²) in [5.41, 5.74) is 2.16. The summed E-state index contributed by atoms with van der Waals surface area (Å²) in [6.07, 6.45) is 1.13. The number of phenols is 1. The second-order valence-electron chi connectivity index (χ2n) is 5.76. The summed E-state index contributed by atoms with van der Waals surface area (Å²) in [4.78, 5) is 4.15. The van der Waals surface area contributed by atoms with E-state index >= 15 is 0 Å². The van der Waals surface area contributed by atoms with Gasteiger partial charge in [0.2, 0.25) is 0 Å². The number of rotatable bonds is 7. The molecule has 0 bridgehead atoms. The fraction of sp³-hybridized carbons (Fsp3) is 0.316. The highest BCUT2D eigenvalue weighted by Crippen LogP contribution is 2.33. The maximum Gasteiger partial charge on any atom is 0.416 e. The van der Waals surface area contributed by atoms with Gasteiger partial charge in [0.05, 0.1) is 5.56 Å². The van der Waals surface area contributed by atoms with Crippen molar-refractivity contribution >= 4 is 5.70 Å². The lowest BCUT2D eigenvalue weighted by Crippen LogP contribution is -2.16. The molecule has 0 amide bonds. The van der Waals surface area contributed by atoms with Crippen LogP contribution in [0.15, 0.2) is 42.7 Å². The molecule has 0 spiro atoms. The molecule has 0 saturated heterocycles. The van der Waals surface area contributed by atoms with Gasteiger partial charge in [-0.15, -0.1) is 0 Å². The van der Waals surface area contributed by atoms with E-state index in [-0.39, 0.29) is 5.75 Å². The van der Waals surface area contributed by atoms with Gasteiger partial charge in [-0.05, 0) is 49.4 Å². The number of alkyl halides is 3. The van der Waals surface area contributed by atoms with Crippen molar-refractivity contribution in [1.82, 2.24) is 15.6 Å². The fourth-order valence-electron chi connectivity index (χ4n) is 2.59. The van der Waals surface area contributed by atoms with Crippen LogP contribution < -0.4 is 10.6 Å². The van der Waals surface area contributed by atoms with Crippen LogP contribution in [0.3, 0.4) is 0 Å². The minimum absolute atomic E-state index is 0.296. The van der Waals surface area contributed by atoms with Crippen molar-refractivity contribution in [3.8, 4) is 5.75 Å². The highest BCUT2D eigenvalue weighted by molar-refractivity contribution is 5.67. The van der Waals surface area contributed by atoms with Gasteiger partial charge in [-0.2, -0.15) is 13.2 Å². The van der Waals surface area contributed by atoms with Crippen molar-refractivity contribution in [2.45, 2.75) is 19.5 Å². The first kappa shape index (κ1) is 19.8. The Hall–Kier alpha value is -2.54. The molecule has 0 radical (unpaired) electrons. The van der Waals surface area contributed by atoms with Gasteiger partial charge in [0.1, 0.15) is 5.75 Å². The van der Waals surface area contributed by atoms with E-state index in [1.807, 2.05) is 20.0 Å². The first-order valence-electron chi connectivity index (χ1n) is 8.27. The van der Waals surface area contributed by atoms with Crippen LogP contribution in [0, 0.1) is 0 Å². The van der Waals surface area contributed by atoms with E-state index in [2.05, 4.69) is 15.6 Å². The summed E-state index contributed by atoms with van der Waals surface area (Å²) < 4.78 is 38.3. The molecule has 26 heavy (non-hydrogen) atoms. The third kappa shape index (κ3) is 4.98. The summed E-state index contributed by atoms with van der Waals surface area (Å²) in [6.45, 7) is 3.35. The number of pyridine rings is 1. The fourth-order valence-corrected chi connectivity index (χ4v) is 2.59. The smallest absolute Gasteiger partial charge is 0.416 e. The first-order valence-corrected chi connectivity index (χ1v) is 8.27. The second kappa shape index (κ2) is 8.71. The Labute approximate surface area is 150 Å². The number of nitrogens with one attached hydrogen (secondary N) is 2. The van der Waals surface area contributed by atoms with E-state index < -0.39 is 11.7 Å². The molecule has 140 valence electrons. The van der Waals surface area contributed by atoms with Gasteiger partial charge >= 0.3 is 6.18 Å². The maximum atomic E-state index is 12.8. The summed E-state index contributed by atoms with van der Waals surface area (Å²) in [6, 6.07) is 4.86. The van der Waals surface area contributed by atoms with E-state index in [9.17, 15) is 18.3 Å². The Morgan fingerprint density at radius 1 is 1.23 bits per heavy atom. The molecule has 1 aromatic heterocycles. The number of benzene rings is 1. The van der Waals surface area contributed by atoms with Gasteiger partial charge < -0.3 is 15.7 Å². The Morgan fingerprint density at radius 2 is 2.00 bits per heavy atom. The minimum Gasteiger partial charge on any atom is -0.508 e. The van der Waals surface area contributed by atoms with Crippen molar-refractivity contribution in [2.24, 2.45) is 0 Å². The maximum absolute atomic E-state index is 12.8. The van der Waals surface area contributed by atoms with Crippen molar-refractivity contribution in [2.75, 3.05) is 20.1 Å². The van der Waals surface area contributed by atoms with Gasteiger partial charge in [-0.3, -0.25) is 4.98 Å². The Kier molecular flexibility index (Phi) is 6.63. The monoisotopic (exact) mass is 365 g/mol. The third-order valence-electron chi connectivity index (χ3n) is 3.87. The molecule has 1 heterocycles. The lowest BCUT2D eigenvalue weighted by atomic mass is 9.98. The average molecular weight is 365 g/mol. The molecular weight excluding hydrogens is 343 g/mol. The molecule has 2 aromatic rings. The summed E-state index contributed by atoms with van der Waals surface area (Å²) in [5, 5.41) is 16.3. The summed E-state index contributed by atoms with van der Waals surface area (Å²) >= 11 is 0. The van der Waals surface area contributed by atoms with Crippen LogP contribution in [-0.4, -0.2) is 30.2 Å². The second-order valence-corrected chi connectivity index (χ2v) is 5.76. The van der Waals surface area contributed by atoms with Crippen molar-refractivity contribution in [3.63, 3.8) is 0 Å². The van der Waals surface area contributed by atoms with Gasteiger partial charge in [0.25, 0.3) is 0 Å². The highest BCUT2D eigenvalue weighted by Gasteiger charge is 2.31. The average Bonchev–Trinajstić information content (AvgIpc) is 2.60. The van der Waals surface area contributed by atoms with E-state index in [4.69, 9.17) is 0 Å². The van der Waals surface area contributed by atoms with E-state index in [0.29, 0.717) is 18.5 Å². The molecule has 3 N–H and O–H groups in total. The van der Waals surface area contributed by atoms with Crippen LogP contribution in [0.5, 0.6) is 5.75 Å². The zero-order valence-electron chi connectivity index (χ0n) is 14.7. The predicted octanol–water partition coefficient (Wildman–Crippen LogP) is 3.57. The number of likely N-dealkylation sites (N-methyl/N-ethyl adjacent to an activating group) is 1. The molecule has 2 rings (SSSR count). The molecule has 0 aliphatic carbocycles. The van der Waals surface area contributed by atoms with Crippen molar-refractivity contribution in [3.05, 3.63) is 65.0 Å². The van der Waals surface area contributed by atoms with Crippen LogP contribution in [-0.2, 0) is 12.6 Å². The van der Waals surface area contributed by atoms with Crippen LogP contribution in [0.25, 0.3) is 5.70 Å². The Balaban J connectivity index is 2.36. The number of halogens is 3. The molecule has 7 heteroatoms. The number of nitrogens with zero attached hydrogens (tertiary/aromatic N) is 1. The SMILES string of the molecule is CCN/C(=C/CNC)c1cnccc1Cc1ccc(C(F)(F)F)cc1O. The zero-order valence-corrected chi connectivity index (χ0v) is 14.7. The summed E-state index contributed by atoms with van der Waals surface area (Å²) in [5.74, 6) is -0.369. The van der Waals surface area contributed by atoms with Gasteiger partial charge in [0.15, 0.2) is 0 Å². The molecule has 0 fully saturated rings. The lowest BCUT2D eigenvalue weighted by Gasteiger charge is -2.15. The molecule has 0 aliphatic heterocycles. The number of hydrogen-bond acceptors (Lipinski definition) is 4. The summed E-state index contributed by atoms with van der Waals surface area (Å²) in [7, 11) is 1.84. The minimum atomic E-state index is -4.48. The van der Waals surface area contributed by atoms with Crippen LogP contribution in [0.2, 0.25) is 0 Å². The number of hydrogen-bond donors (Lipinski definition) is 3. The molecule has 0 unspecified atom stereocenters. The molecule has 0 atom stereocenters. The van der Waals surface area contributed by atoms with Crippen LogP contribution in [0.4, 0.5) is 13.2 Å². The van der Waals surface area contributed by atoms with Crippen molar-refractivity contribution < 1.29 is 18.3 Å².